The molecule has 1 heterocycles. The molecule has 114 valence electrons. The molecule has 2 fully saturated rings. The van der Waals surface area contributed by atoms with E-state index in [1.165, 1.54) is 36.8 Å². The minimum atomic E-state index is -0.640. The molecule has 3 nitrogen and oxygen atoms in total. The van der Waals surface area contributed by atoms with Crippen LogP contribution in [0.1, 0.15) is 50.2 Å². The van der Waals surface area contributed by atoms with E-state index in [0.29, 0.717) is 12.0 Å². The van der Waals surface area contributed by atoms with Crippen LogP contribution in [0.5, 0.6) is 0 Å². The molecule has 1 aromatic carbocycles. The number of likely N-dealkylation sites (tertiary alicyclic amines) is 1. The minimum Gasteiger partial charge on any atom is -0.480 e. The third-order valence-corrected chi connectivity index (χ3v) is 5.36. The van der Waals surface area contributed by atoms with Crippen molar-refractivity contribution in [1.29, 1.82) is 0 Å². The van der Waals surface area contributed by atoms with Gasteiger partial charge in [0.1, 0.15) is 6.04 Å². The van der Waals surface area contributed by atoms with Crippen molar-refractivity contribution in [2.75, 3.05) is 0 Å². The topological polar surface area (TPSA) is 40.5 Å². The van der Waals surface area contributed by atoms with Gasteiger partial charge in [-0.15, -0.1) is 0 Å². The van der Waals surface area contributed by atoms with Crippen molar-refractivity contribution in [3.05, 3.63) is 35.4 Å². The van der Waals surface area contributed by atoms with Crippen LogP contribution in [0.3, 0.4) is 0 Å². The summed E-state index contributed by atoms with van der Waals surface area (Å²) >= 11 is 0. The van der Waals surface area contributed by atoms with Crippen LogP contribution < -0.4 is 0 Å². The van der Waals surface area contributed by atoms with Gasteiger partial charge in [0.05, 0.1) is 0 Å². The summed E-state index contributed by atoms with van der Waals surface area (Å²) in [6.45, 7) is 2.96. The average Bonchev–Trinajstić information content (AvgIpc) is 2.87. The smallest absolute Gasteiger partial charge is 0.320 e. The maximum atomic E-state index is 11.7. The molecule has 1 aromatic rings. The van der Waals surface area contributed by atoms with Crippen molar-refractivity contribution in [3.8, 4) is 0 Å². The lowest BCUT2D eigenvalue weighted by molar-refractivity contribution is -0.142. The fraction of sp³-hybridized carbons (Fsp3) is 0.611. The summed E-state index contributed by atoms with van der Waals surface area (Å²) in [5, 5.41) is 9.59. The Balaban J connectivity index is 1.85. The lowest BCUT2D eigenvalue weighted by Crippen LogP contribution is -2.41. The fourth-order valence-electron chi connectivity index (χ4n) is 4.28. The molecule has 2 aliphatic rings. The number of carboxylic acid groups (broad SMARTS) is 1. The molecule has 3 unspecified atom stereocenters. The van der Waals surface area contributed by atoms with E-state index in [9.17, 15) is 9.90 Å². The van der Waals surface area contributed by atoms with E-state index in [1.54, 1.807) is 0 Å². The van der Waals surface area contributed by atoms with Gasteiger partial charge in [-0.2, -0.15) is 0 Å². The summed E-state index contributed by atoms with van der Waals surface area (Å²) in [4.78, 5) is 13.9. The SMILES string of the molecule is CCc1ccccc1CN1C(C(=O)O)CC2CCCCC21. The Labute approximate surface area is 127 Å². The number of rotatable bonds is 4. The van der Waals surface area contributed by atoms with Crippen LogP contribution in [-0.4, -0.2) is 28.1 Å². The highest BCUT2D eigenvalue weighted by atomic mass is 16.4. The van der Waals surface area contributed by atoms with Crippen LogP contribution in [0.4, 0.5) is 0 Å². The first-order valence-electron chi connectivity index (χ1n) is 8.26. The predicted octanol–water partition coefficient (Wildman–Crippen LogP) is 3.47. The van der Waals surface area contributed by atoms with E-state index < -0.39 is 5.97 Å². The maximum Gasteiger partial charge on any atom is 0.320 e. The largest absolute Gasteiger partial charge is 0.480 e. The van der Waals surface area contributed by atoms with E-state index in [1.807, 2.05) is 0 Å². The van der Waals surface area contributed by atoms with Gasteiger partial charge in [-0.25, -0.2) is 0 Å². The summed E-state index contributed by atoms with van der Waals surface area (Å²) in [6.07, 6.45) is 6.75. The quantitative estimate of drug-likeness (QED) is 0.922. The summed E-state index contributed by atoms with van der Waals surface area (Å²) in [7, 11) is 0. The lowest BCUT2D eigenvalue weighted by atomic mass is 9.84. The normalized spacial score (nSPS) is 29.3. The molecule has 0 radical (unpaired) electrons. The van der Waals surface area contributed by atoms with Crippen molar-refractivity contribution in [3.63, 3.8) is 0 Å². The molecule has 1 aliphatic heterocycles. The number of carbonyl (C=O) groups is 1. The first-order chi connectivity index (χ1) is 10.2. The zero-order valence-corrected chi connectivity index (χ0v) is 12.8. The number of hydrogen-bond donors (Lipinski definition) is 1. The summed E-state index contributed by atoms with van der Waals surface area (Å²) in [6, 6.07) is 8.66. The molecular weight excluding hydrogens is 262 g/mol. The molecule has 0 spiro atoms. The van der Waals surface area contributed by atoms with E-state index in [-0.39, 0.29) is 6.04 Å². The van der Waals surface area contributed by atoms with Gasteiger partial charge in [-0.1, -0.05) is 44.0 Å². The highest BCUT2D eigenvalue weighted by Crippen LogP contribution is 2.40. The molecule has 21 heavy (non-hydrogen) atoms. The second kappa shape index (κ2) is 6.18. The van der Waals surface area contributed by atoms with Crippen molar-refractivity contribution in [2.24, 2.45) is 5.92 Å². The third kappa shape index (κ3) is 2.84. The molecule has 3 heteroatoms. The van der Waals surface area contributed by atoms with Crippen LogP contribution >= 0.6 is 0 Å². The molecule has 3 atom stereocenters. The lowest BCUT2D eigenvalue weighted by Gasteiger charge is -2.33. The molecular formula is C18H25NO2. The van der Waals surface area contributed by atoms with E-state index in [2.05, 4.69) is 36.1 Å². The van der Waals surface area contributed by atoms with Crippen LogP contribution in [0.25, 0.3) is 0 Å². The number of aliphatic carboxylic acids is 1. The van der Waals surface area contributed by atoms with Crippen molar-refractivity contribution >= 4 is 5.97 Å². The van der Waals surface area contributed by atoms with Crippen LogP contribution in [0.2, 0.25) is 0 Å². The standard InChI is InChI=1S/C18H25NO2/c1-2-13-7-3-4-9-15(13)12-19-16-10-6-5-8-14(16)11-17(19)18(20)21/h3-4,7,9,14,16-17H,2,5-6,8,10-12H2,1H3,(H,20,21). The Morgan fingerprint density at radius 2 is 1.95 bits per heavy atom. The summed E-state index contributed by atoms with van der Waals surface area (Å²) in [5.74, 6) is -0.0491. The number of aryl methyl sites for hydroxylation is 1. The van der Waals surface area contributed by atoms with Crippen LogP contribution in [-0.2, 0) is 17.8 Å². The molecule has 1 aliphatic carbocycles. The Morgan fingerprint density at radius 1 is 1.24 bits per heavy atom. The van der Waals surface area contributed by atoms with Gasteiger partial charge in [0.2, 0.25) is 0 Å². The average molecular weight is 287 g/mol. The van der Waals surface area contributed by atoms with Crippen molar-refractivity contribution in [1.82, 2.24) is 4.90 Å². The summed E-state index contributed by atoms with van der Waals surface area (Å²) in [5.41, 5.74) is 2.65. The molecule has 0 bridgehead atoms. The second-order valence-electron chi connectivity index (χ2n) is 6.50. The van der Waals surface area contributed by atoms with Gasteiger partial charge < -0.3 is 5.11 Å². The van der Waals surface area contributed by atoms with Gasteiger partial charge in [0, 0.05) is 12.6 Å². The van der Waals surface area contributed by atoms with Crippen LogP contribution in [0, 0.1) is 5.92 Å². The molecule has 3 rings (SSSR count). The van der Waals surface area contributed by atoms with Gasteiger partial charge >= 0.3 is 5.97 Å². The van der Waals surface area contributed by atoms with Gasteiger partial charge in [-0.05, 0) is 42.7 Å². The minimum absolute atomic E-state index is 0.289. The Morgan fingerprint density at radius 3 is 2.67 bits per heavy atom. The van der Waals surface area contributed by atoms with Gasteiger partial charge in [0.25, 0.3) is 0 Å². The number of carboxylic acids is 1. The molecule has 0 amide bonds. The van der Waals surface area contributed by atoms with E-state index in [4.69, 9.17) is 0 Å². The molecule has 1 saturated carbocycles. The highest BCUT2D eigenvalue weighted by Gasteiger charge is 2.45. The van der Waals surface area contributed by atoms with Gasteiger partial charge in [0.15, 0.2) is 0 Å². The molecule has 0 aromatic heterocycles. The highest BCUT2D eigenvalue weighted by molar-refractivity contribution is 5.74. The molecule has 1 saturated heterocycles. The number of benzene rings is 1. The predicted molar refractivity (Wildman–Crippen MR) is 83.1 cm³/mol. The Hall–Kier alpha value is -1.35. The van der Waals surface area contributed by atoms with Crippen molar-refractivity contribution < 1.29 is 9.90 Å². The number of fused-ring (bicyclic) bond motifs is 1. The van der Waals surface area contributed by atoms with Gasteiger partial charge in [-0.3, -0.25) is 9.69 Å². The van der Waals surface area contributed by atoms with E-state index in [0.717, 1.165) is 19.4 Å². The first kappa shape index (κ1) is 14.6. The monoisotopic (exact) mass is 287 g/mol. The zero-order valence-electron chi connectivity index (χ0n) is 12.8. The summed E-state index contributed by atoms with van der Waals surface area (Å²) < 4.78 is 0. The van der Waals surface area contributed by atoms with Crippen molar-refractivity contribution in [2.45, 2.75) is 64.1 Å². The second-order valence-corrected chi connectivity index (χ2v) is 6.50. The van der Waals surface area contributed by atoms with E-state index >= 15 is 0 Å². The van der Waals surface area contributed by atoms with Crippen LogP contribution in [0.15, 0.2) is 24.3 Å². The Kier molecular flexibility index (Phi) is 4.29. The zero-order chi connectivity index (χ0) is 14.8. The number of hydrogen-bond acceptors (Lipinski definition) is 2. The third-order valence-electron chi connectivity index (χ3n) is 5.36. The fourth-order valence-corrected chi connectivity index (χ4v) is 4.28. The maximum absolute atomic E-state index is 11.7. The number of nitrogens with zero attached hydrogens (tertiary/aromatic N) is 1. The first-order valence-corrected chi connectivity index (χ1v) is 8.26. The molecule has 1 N–H and O–H groups in total. The Bertz CT molecular complexity index is 514.